The van der Waals surface area contributed by atoms with Crippen LogP contribution in [0, 0.1) is 19.8 Å². The van der Waals surface area contributed by atoms with Crippen LogP contribution in [0.1, 0.15) is 34.0 Å². The van der Waals surface area contributed by atoms with E-state index in [-0.39, 0.29) is 24.0 Å². The average Bonchev–Trinajstić information content (AvgIpc) is 3.04. The second kappa shape index (κ2) is 12.8. The van der Waals surface area contributed by atoms with Gasteiger partial charge in [0.25, 0.3) is 0 Å². The lowest BCUT2D eigenvalue weighted by atomic mass is 9.96. The van der Waals surface area contributed by atoms with E-state index in [1.807, 2.05) is 19.2 Å². The number of halogens is 2. The van der Waals surface area contributed by atoms with Gasteiger partial charge in [-0.05, 0) is 57.3 Å². The van der Waals surface area contributed by atoms with Crippen LogP contribution in [-0.2, 0) is 13.0 Å². The molecule has 5 nitrogen and oxygen atoms in total. The molecule has 1 saturated heterocycles. The van der Waals surface area contributed by atoms with E-state index in [0.717, 1.165) is 55.8 Å². The molecule has 166 valence electrons. The van der Waals surface area contributed by atoms with E-state index in [0.29, 0.717) is 5.92 Å². The number of nitrogens with zero attached hydrogens (tertiary/aromatic N) is 3. The lowest BCUT2D eigenvalue weighted by Crippen LogP contribution is -2.43. The van der Waals surface area contributed by atoms with Crippen LogP contribution < -0.4 is 10.6 Å². The van der Waals surface area contributed by atoms with Crippen molar-refractivity contribution in [2.75, 3.05) is 33.2 Å². The van der Waals surface area contributed by atoms with Crippen LogP contribution in [0.3, 0.4) is 0 Å². The number of likely N-dealkylation sites (tertiary alicyclic amines) is 1. The predicted molar refractivity (Wildman–Crippen MR) is 140 cm³/mol. The van der Waals surface area contributed by atoms with E-state index in [9.17, 15) is 0 Å². The normalized spacial score (nSPS) is 15.7. The van der Waals surface area contributed by atoms with Gasteiger partial charge in [0, 0.05) is 43.0 Å². The summed E-state index contributed by atoms with van der Waals surface area (Å²) >= 11 is 8.09. The van der Waals surface area contributed by atoms with Crippen LogP contribution in [0.5, 0.6) is 0 Å². The molecule has 2 heterocycles. The third kappa shape index (κ3) is 7.66. The maximum Gasteiger partial charge on any atom is 0.190 e. The molecule has 0 aliphatic carbocycles. The molecule has 3 rings (SSSR count). The van der Waals surface area contributed by atoms with Crippen molar-refractivity contribution in [2.45, 2.75) is 39.7 Å². The van der Waals surface area contributed by atoms with Crippen molar-refractivity contribution in [3.63, 3.8) is 0 Å². The molecule has 2 N–H and O–H groups in total. The van der Waals surface area contributed by atoms with Gasteiger partial charge in [-0.25, -0.2) is 4.98 Å². The van der Waals surface area contributed by atoms with Crippen molar-refractivity contribution in [3.8, 4) is 0 Å². The van der Waals surface area contributed by atoms with Gasteiger partial charge >= 0.3 is 0 Å². The maximum atomic E-state index is 6.30. The van der Waals surface area contributed by atoms with E-state index in [1.54, 1.807) is 11.3 Å². The zero-order valence-corrected chi connectivity index (χ0v) is 22.0. The first-order chi connectivity index (χ1) is 14.0. The van der Waals surface area contributed by atoms with Crippen LogP contribution in [-0.4, -0.2) is 49.1 Å². The first kappa shape index (κ1) is 25.4. The highest BCUT2D eigenvalue weighted by Gasteiger charge is 2.20. The summed E-state index contributed by atoms with van der Waals surface area (Å²) in [6.45, 7) is 9.20. The smallest absolute Gasteiger partial charge is 0.190 e. The molecule has 1 aliphatic rings. The molecule has 0 bridgehead atoms. The lowest BCUT2D eigenvalue weighted by molar-refractivity contribution is 0.178. The SMILES string of the molecule is CN=C(NCCc1nc(C)c(C)s1)NCC1CCN(Cc2ccccc2Cl)CC1.I. The number of hydrogen-bond acceptors (Lipinski definition) is 4. The van der Waals surface area contributed by atoms with Gasteiger partial charge in [-0.15, -0.1) is 35.3 Å². The van der Waals surface area contributed by atoms with Crippen LogP contribution in [0.25, 0.3) is 0 Å². The molecule has 30 heavy (non-hydrogen) atoms. The molecular formula is C22H33ClIN5S. The number of aromatic nitrogens is 1. The average molecular weight is 562 g/mol. The Kier molecular flexibility index (Phi) is 10.8. The first-order valence-corrected chi connectivity index (χ1v) is 11.6. The summed E-state index contributed by atoms with van der Waals surface area (Å²) in [5.74, 6) is 1.56. The quantitative estimate of drug-likeness (QED) is 0.294. The molecule has 1 aromatic heterocycles. The summed E-state index contributed by atoms with van der Waals surface area (Å²) in [6.07, 6.45) is 3.33. The summed E-state index contributed by atoms with van der Waals surface area (Å²) < 4.78 is 0. The highest BCUT2D eigenvalue weighted by atomic mass is 127. The van der Waals surface area contributed by atoms with Crippen molar-refractivity contribution in [1.82, 2.24) is 20.5 Å². The molecule has 0 unspecified atom stereocenters. The summed E-state index contributed by atoms with van der Waals surface area (Å²) in [4.78, 5) is 12.8. The van der Waals surface area contributed by atoms with E-state index < -0.39 is 0 Å². The fraction of sp³-hybridized carbons (Fsp3) is 0.545. The van der Waals surface area contributed by atoms with Gasteiger partial charge in [-0.1, -0.05) is 29.8 Å². The number of rotatable bonds is 7. The number of nitrogens with one attached hydrogen (secondary N) is 2. The first-order valence-electron chi connectivity index (χ1n) is 10.4. The second-order valence-corrected chi connectivity index (χ2v) is 9.38. The van der Waals surface area contributed by atoms with Crippen molar-refractivity contribution in [2.24, 2.45) is 10.9 Å². The Balaban J connectivity index is 0.00000320. The van der Waals surface area contributed by atoms with E-state index in [2.05, 4.69) is 51.5 Å². The Labute approximate surface area is 206 Å². The Morgan fingerprint density at radius 3 is 2.60 bits per heavy atom. The molecule has 0 amide bonds. The molecule has 0 atom stereocenters. The molecule has 1 fully saturated rings. The third-order valence-corrected chi connectivity index (χ3v) is 7.05. The minimum absolute atomic E-state index is 0. The van der Waals surface area contributed by atoms with Crippen molar-refractivity contribution in [1.29, 1.82) is 0 Å². The minimum atomic E-state index is 0. The van der Waals surface area contributed by atoms with Crippen LogP contribution in [0.4, 0.5) is 0 Å². The molecule has 2 aromatic rings. The zero-order chi connectivity index (χ0) is 20.6. The van der Waals surface area contributed by atoms with Gasteiger partial charge in [-0.2, -0.15) is 0 Å². The molecule has 8 heteroatoms. The number of thiazole rings is 1. The summed E-state index contributed by atoms with van der Waals surface area (Å²) in [7, 11) is 1.83. The van der Waals surface area contributed by atoms with Crippen LogP contribution in [0.2, 0.25) is 5.02 Å². The van der Waals surface area contributed by atoms with E-state index in [1.165, 1.54) is 28.3 Å². The number of piperidine rings is 1. The number of guanidine groups is 1. The molecule has 0 spiro atoms. The van der Waals surface area contributed by atoms with Gasteiger partial charge in [-0.3, -0.25) is 9.89 Å². The topological polar surface area (TPSA) is 52.6 Å². The van der Waals surface area contributed by atoms with Crippen LogP contribution >= 0.6 is 46.9 Å². The lowest BCUT2D eigenvalue weighted by Gasteiger charge is -2.32. The molecule has 1 aromatic carbocycles. The van der Waals surface area contributed by atoms with Gasteiger partial charge in [0.15, 0.2) is 5.96 Å². The number of aryl methyl sites for hydroxylation is 2. The van der Waals surface area contributed by atoms with Gasteiger partial charge in [0.1, 0.15) is 0 Å². The minimum Gasteiger partial charge on any atom is -0.356 e. The highest BCUT2D eigenvalue weighted by molar-refractivity contribution is 14.0. The zero-order valence-electron chi connectivity index (χ0n) is 18.1. The van der Waals surface area contributed by atoms with E-state index >= 15 is 0 Å². The third-order valence-electron chi connectivity index (χ3n) is 5.54. The van der Waals surface area contributed by atoms with Crippen LogP contribution in [0.15, 0.2) is 29.3 Å². The number of hydrogen-bond donors (Lipinski definition) is 2. The Bertz CT molecular complexity index is 798. The van der Waals surface area contributed by atoms with Gasteiger partial charge < -0.3 is 10.6 Å². The highest BCUT2D eigenvalue weighted by Crippen LogP contribution is 2.22. The fourth-order valence-electron chi connectivity index (χ4n) is 3.61. The van der Waals surface area contributed by atoms with Crippen molar-refractivity contribution < 1.29 is 0 Å². The molecule has 1 aliphatic heterocycles. The Hall–Kier alpha value is -0.900. The van der Waals surface area contributed by atoms with Crippen molar-refractivity contribution in [3.05, 3.63) is 50.4 Å². The predicted octanol–water partition coefficient (Wildman–Crippen LogP) is 4.65. The monoisotopic (exact) mass is 561 g/mol. The van der Waals surface area contributed by atoms with Gasteiger partial charge in [0.2, 0.25) is 0 Å². The second-order valence-electron chi connectivity index (χ2n) is 7.69. The van der Waals surface area contributed by atoms with E-state index in [4.69, 9.17) is 11.6 Å². The summed E-state index contributed by atoms with van der Waals surface area (Å²) in [5, 5.41) is 8.97. The number of benzene rings is 1. The standard InChI is InChI=1S/C22H32ClN5S.HI/c1-16-17(2)29-21(27-16)8-11-25-22(24-3)26-14-18-9-12-28(13-10-18)15-19-6-4-5-7-20(19)23;/h4-7,18H,8-15H2,1-3H3,(H2,24,25,26);1H. The molecular weight excluding hydrogens is 529 g/mol. The fourth-order valence-corrected chi connectivity index (χ4v) is 4.74. The summed E-state index contributed by atoms with van der Waals surface area (Å²) in [6, 6.07) is 8.15. The van der Waals surface area contributed by atoms with Crippen molar-refractivity contribution >= 4 is 52.9 Å². The Morgan fingerprint density at radius 1 is 1.23 bits per heavy atom. The Morgan fingerprint density at radius 2 is 1.97 bits per heavy atom. The largest absolute Gasteiger partial charge is 0.356 e. The number of aliphatic imine (C=N–C) groups is 1. The maximum absolute atomic E-state index is 6.30. The summed E-state index contributed by atoms with van der Waals surface area (Å²) in [5.41, 5.74) is 2.37. The van der Waals surface area contributed by atoms with Gasteiger partial charge in [0.05, 0.1) is 10.7 Å². The molecule has 0 radical (unpaired) electrons. The molecule has 0 saturated carbocycles.